The zero-order valence-electron chi connectivity index (χ0n) is 8.68. The van der Waals surface area contributed by atoms with Crippen LogP contribution in [0.15, 0.2) is 30.3 Å². The number of nitrogens with one attached hydrogen (secondary N) is 1. The van der Waals surface area contributed by atoms with Gasteiger partial charge in [0.25, 0.3) is 5.78 Å². The van der Waals surface area contributed by atoms with Crippen molar-refractivity contribution in [3.8, 4) is 5.75 Å². The highest BCUT2D eigenvalue weighted by atomic mass is 16.4. The largest absolute Gasteiger partial charge is 0.505 e. The maximum atomic E-state index is 10.9. The second-order valence-electron chi connectivity index (χ2n) is 3.44. The number of aromatic nitrogens is 1. The van der Waals surface area contributed by atoms with Gasteiger partial charge in [0.2, 0.25) is 0 Å². The quantitative estimate of drug-likeness (QED) is 0.552. The molecule has 1 heterocycles. The van der Waals surface area contributed by atoms with Crippen LogP contribution < -0.4 is 0 Å². The average molecular weight is 231 g/mol. The molecular weight excluding hydrogens is 222 g/mol. The van der Waals surface area contributed by atoms with Crippen LogP contribution in [0.25, 0.3) is 17.0 Å². The van der Waals surface area contributed by atoms with Crippen LogP contribution in [-0.2, 0) is 9.59 Å². The Morgan fingerprint density at radius 3 is 2.59 bits per heavy atom. The molecule has 86 valence electrons. The monoisotopic (exact) mass is 231 g/mol. The van der Waals surface area contributed by atoms with Gasteiger partial charge < -0.3 is 15.2 Å². The number of H-pyrrole nitrogens is 1. The highest BCUT2D eigenvalue weighted by Gasteiger charge is 2.09. The molecule has 0 aliphatic heterocycles. The molecule has 0 bridgehead atoms. The molecule has 0 aliphatic rings. The number of ketones is 1. The standard InChI is InChI=1S/C12H9NO4/c14-10(12(16)17)6-5-9-11(15)7-3-1-2-4-8(7)13-9/h1-6,13,15H,(H,16,17)/b6-5+. The van der Waals surface area contributed by atoms with Crippen LogP contribution in [0.1, 0.15) is 5.69 Å². The summed E-state index contributed by atoms with van der Waals surface area (Å²) in [5, 5.41) is 18.8. The Labute approximate surface area is 96.0 Å². The van der Waals surface area contributed by atoms with E-state index in [0.29, 0.717) is 16.6 Å². The van der Waals surface area contributed by atoms with Crippen LogP contribution in [0.5, 0.6) is 5.75 Å². The lowest BCUT2D eigenvalue weighted by Gasteiger charge is -1.89. The molecule has 0 radical (unpaired) electrons. The highest BCUT2D eigenvalue weighted by Crippen LogP contribution is 2.29. The minimum Gasteiger partial charge on any atom is -0.505 e. The van der Waals surface area contributed by atoms with Gasteiger partial charge in [0.1, 0.15) is 5.75 Å². The lowest BCUT2D eigenvalue weighted by Crippen LogP contribution is -2.08. The number of carboxylic acids is 1. The van der Waals surface area contributed by atoms with Crippen LogP contribution in [0.3, 0.4) is 0 Å². The van der Waals surface area contributed by atoms with E-state index in [9.17, 15) is 14.7 Å². The Bertz CT molecular complexity index is 624. The molecule has 0 unspecified atom stereocenters. The maximum Gasteiger partial charge on any atom is 0.376 e. The van der Waals surface area contributed by atoms with Gasteiger partial charge in [-0.25, -0.2) is 4.79 Å². The number of benzene rings is 1. The second-order valence-corrected chi connectivity index (χ2v) is 3.44. The molecule has 5 heteroatoms. The van der Waals surface area contributed by atoms with Gasteiger partial charge in [-0.3, -0.25) is 4.79 Å². The van der Waals surface area contributed by atoms with E-state index in [-0.39, 0.29) is 5.75 Å². The summed E-state index contributed by atoms with van der Waals surface area (Å²) in [6.07, 6.45) is 2.14. The van der Waals surface area contributed by atoms with Crippen LogP contribution >= 0.6 is 0 Å². The fourth-order valence-corrected chi connectivity index (χ4v) is 1.50. The first-order chi connectivity index (χ1) is 8.09. The molecule has 0 saturated carbocycles. The van der Waals surface area contributed by atoms with Gasteiger partial charge in [0, 0.05) is 10.9 Å². The average Bonchev–Trinajstić information content (AvgIpc) is 2.64. The number of aromatic hydroxyl groups is 1. The molecule has 1 aromatic heterocycles. The first-order valence-electron chi connectivity index (χ1n) is 4.84. The zero-order chi connectivity index (χ0) is 12.4. The molecule has 0 amide bonds. The van der Waals surface area contributed by atoms with Gasteiger partial charge in [-0.05, 0) is 24.3 Å². The summed E-state index contributed by atoms with van der Waals surface area (Å²) < 4.78 is 0. The number of hydrogen-bond acceptors (Lipinski definition) is 3. The molecular formula is C12H9NO4. The number of aromatic amines is 1. The van der Waals surface area contributed by atoms with Crippen LogP contribution in [0.4, 0.5) is 0 Å². The van der Waals surface area contributed by atoms with Crippen LogP contribution in [0.2, 0.25) is 0 Å². The van der Waals surface area contributed by atoms with Crippen molar-refractivity contribution in [2.45, 2.75) is 0 Å². The third kappa shape index (κ3) is 2.03. The molecule has 0 fully saturated rings. The number of para-hydroxylation sites is 1. The summed E-state index contributed by atoms with van der Waals surface area (Å²) in [5.74, 6) is -2.57. The number of fused-ring (bicyclic) bond motifs is 1. The van der Waals surface area contributed by atoms with Crippen molar-refractivity contribution >= 4 is 28.7 Å². The topological polar surface area (TPSA) is 90.4 Å². The van der Waals surface area contributed by atoms with Crippen molar-refractivity contribution in [1.29, 1.82) is 0 Å². The lowest BCUT2D eigenvalue weighted by molar-refractivity contribution is -0.146. The third-order valence-electron chi connectivity index (χ3n) is 2.32. The summed E-state index contributed by atoms with van der Waals surface area (Å²) in [6.45, 7) is 0. The number of carboxylic acid groups (broad SMARTS) is 1. The van der Waals surface area contributed by atoms with Crippen LogP contribution in [0, 0.1) is 0 Å². The predicted octanol–water partition coefficient (Wildman–Crippen LogP) is 1.54. The van der Waals surface area contributed by atoms with Crippen molar-refractivity contribution in [2.24, 2.45) is 0 Å². The Kier molecular flexibility index (Phi) is 2.66. The lowest BCUT2D eigenvalue weighted by atomic mass is 10.2. The SMILES string of the molecule is O=C(O)C(=O)/C=C/c1[nH]c2ccccc2c1O. The van der Waals surface area contributed by atoms with Crippen molar-refractivity contribution in [3.63, 3.8) is 0 Å². The molecule has 3 N–H and O–H groups in total. The number of hydrogen-bond donors (Lipinski definition) is 3. The summed E-state index contributed by atoms with van der Waals surface area (Å²) in [6, 6.07) is 7.06. The number of carbonyl (C=O) groups excluding carboxylic acids is 1. The summed E-state index contributed by atoms with van der Waals surface area (Å²) >= 11 is 0. The van der Waals surface area contributed by atoms with E-state index in [0.717, 1.165) is 6.08 Å². The van der Waals surface area contributed by atoms with Gasteiger partial charge in [-0.2, -0.15) is 0 Å². The summed E-state index contributed by atoms with van der Waals surface area (Å²) in [7, 11) is 0. The molecule has 17 heavy (non-hydrogen) atoms. The molecule has 0 aliphatic carbocycles. The number of carbonyl (C=O) groups is 2. The van der Waals surface area contributed by atoms with E-state index in [1.807, 2.05) is 0 Å². The molecule has 0 saturated heterocycles. The third-order valence-corrected chi connectivity index (χ3v) is 2.32. The van der Waals surface area contributed by atoms with E-state index in [4.69, 9.17) is 5.11 Å². The first kappa shape index (κ1) is 10.9. The number of aliphatic carboxylic acids is 1. The first-order valence-corrected chi connectivity index (χ1v) is 4.84. The summed E-state index contributed by atoms with van der Waals surface area (Å²) in [4.78, 5) is 24.0. The minimum atomic E-state index is -1.53. The van der Waals surface area contributed by atoms with E-state index in [1.54, 1.807) is 24.3 Å². The molecule has 0 atom stereocenters. The molecule has 0 spiro atoms. The predicted molar refractivity (Wildman–Crippen MR) is 61.6 cm³/mol. The van der Waals surface area contributed by atoms with Crippen molar-refractivity contribution in [3.05, 3.63) is 36.0 Å². The Balaban J connectivity index is 2.40. The maximum absolute atomic E-state index is 10.9. The normalized spacial score (nSPS) is 11.1. The molecule has 1 aromatic carbocycles. The van der Waals surface area contributed by atoms with Crippen molar-refractivity contribution in [1.82, 2.24) is 4.98 Å². The minimum absolute atomic E-state index is 0.00459. The van der Waals surface area contributed by atoms with Gasteiger partial charge in [0.05, 0.1) is 5.69 Å². The van der Waals surface area contributed by atoms with Gasteiger partial charge >= 0.3 is 5.97 Å². The summed E-state index contributed by atoms with van der Waals surface area (Å²) in [5.41, 5.74) is 1.02. The van der Waals surface area contributed by atoms with Crippen molar-refractivity contribution in [2.75, 3.05) is 0 Å². The Hall–Kier alpha value is -2.56. The second kappa shape index (κ2) is 4.13. The smallest absolute Gasteiger partial charge is 0.376 e. The zero-order valence-corrected chi connectivity index (χ0v) is 8.68. The Morgan fingerprint density at radius 1 is 1.24 bits per heavy atom. The van der Waals surface area contributed by atoms with Gasteiger partial charge in [0.15, 0.2) is 0 Å². The fraction of sp³-hybridized carbons (Fsp3) is 0. The fourth-order valence-electron chi connectivity index (χ4n) is 1.50. The molecule has 5 nitrogen and oxygen atoms in total. The van der Waals surface area contributed by atoms with Crippen molar-refractivity contribution < 1.29 is 19.8 Å². The van der Waals surface area contributed by atoms with E-state index in [1.165, 1.54) is 6.08 Å². The Morgan fingerprint density at radius 2 is 1.94 bits per heavy atom. The van der Waals surface area contributed by atoms with Crippen LogP contribution in [-0.4, -0.2) is 26.9 Å². The molecule has 2 aromatic rings. The number of rotatable bonds is 3. The van der Waals surface area contributed by atoms with Gasteiger partial charge in [-0.15, -0.1) is 0 Å². The highest BCUT2D eigenvalue weighted by molar-refractivity contribution is 6.38. The van der Waals surface area contributed by atoms with E-state index in [2.05, 4.69) is 4.98 Å². The van der Waals surface area contributed by atoms with Gasteiger partial charge in [-0.1, -0.05) is 12.1 Å². The molecule has 2 rings (SSSR count). The van der Waals surface area contributed by atoms with E-state index < -0.39 is 11.8 Å². The van der Waals surface area contributed by atoms with E-state index >= 15 is 0 Å².